The van der Waals surface area contributed by atoms with Crippen LogP contribution in [0.1, 0.15) is 11.1 Å². The molecule has 2 aromatic carbocycles. The van der Waals surface area contributed by atoms with Crippen LogP contribution in [0.3, 0.4) is 0 Å². The van der Waals surface area contributed by atoms with Crippen molar-refractivity contribution >= 4 is 0 Å². The third kappa shape index (κ3) is 3.95. The van der Waals surface area contributed by atoms with Crippen molar-refractivity contribution in [3.63, 3.8) is 0 Å². The zero-order valence-electron chi connectivity index (χ0n) is 13.1. The van der Waals surface area contributed by atoms with Gasteiger partial charge in [-0.15, -0.1) is 0 Å². The summed E-state index contributed by atoms with van der Waals surface area (Å²) in [5, 5.41) is 0. The highest BCUT2D eigenvalue weighted by Crippen LogP contribution is 2.15. The zero-order valence-corrected chi connectivity index (χ0v) is 13.1. The highest BCUT2D eigenvalue weighted by atomic mass is 15.3. The third-order valence-electron chi connectivity index (χ3n) is 4.44. The van der Waals surface area contributed by atoms with E-state index < -0.39 is 0 Å². The Kier molecular flexibility index (Phi) is 5.22. The molecule has 2 N–H and O–H groups in total. The number of hydrogen-bond donors (Lipinski definition) is 1. The Labute approximate surface area is 133 Å². The van der Waals surface area contributed by atoms with Gasteiger partial charge in [-0.2, -0.15) is 0 Å². The van der Waals surface area contributed by atoms with Gasteiger partial charge in [-0.25, -0.2) is 0 Å². The maximum Gasteiger partial charge on any atom is 0.0349 e. The molecule has 0 spiro atoms. The summed E-state index contributed by atoms with van der Waals surface area (Å²) in [6.45, 7) is 6.00. The summed E-state index contributed by atoms with van der Waals surface area (Å²) in [5.41, 5.74) is 8.79. The molecule has 116 valence electrons. The van der Waals surface area contributed by atoms with E-state index in [9.17, 15) is 0 Å². The summed E-state index contributed by atoms with van der Waals surface area (Å²) in [6.07, 6.45) is 0. The third-order valence-corrected chi connectivity index (χ3v) is 4.44. The molecule has 0 amide bonds. The number of rotatable bonds is 5. The van der Waals surface area contributed by atoms with Crippen molar-refractivity contribution in [3.05, 3.63) is 71.8 Å². The predicted octanol–water partition coefficient (Wildman–Crippen LogP) is 2.33. The van der Waals surface area contributed by atoms with Crippen LogP contribution in [0.25, 0.3) is 0 Å². The molecule has 0 aromatic heterocycles. The Morgan fingerprint density at radius 1 is 0.818 bits per heavy atom. The fraction of sp³-hybridized carbons (Fsp3) is 0.368. The molecule has 3 nitrogen and oxygen atoms in total. The molecule has 3 heteroatoms. The molecule has 1 aliphatic rings. The first-order valence-electron chi connectivity index (χ1n) is 8.09. The van der Waals surface area contributed by atoms with Gasteiger partial charge in [0.25, 0.3) is 0 Å². The Balaban J connectivity index is 1.59. The second kappa shape index (κ2) is 7.54. The number of benzene rings is 2. The lowest BCUT2D eigenvalue weighted by Crippen LogP contribution is -2.55. The minimum Gasteiger partial charge on any atom is -0.329 e. The van der Waals surface area contributed by atoms with Gasteiger partial charge in [0.1, 0.15) is 0 Å². The van der Waals surface area contributed by atoms with Gasteiger partial charge in [-0.1, -0.05) is 60.7 Å². The minimum atomic E-state index is 0.442. The van der Waals surface area contributed by atoms with E-state index in [2.05, 4.69) is 70.5 Å². The Morgan fingerprint density at radius 3 is 2.00 bits per heavy atom. The molecule has 0 aliphatic carbocycles. The quantitative estimate of drug-likeness (QED) is 0.919. The van der Waals surface area contributed by atoms with E-state index in [1.54, 1.807) is 0 Å². The van der Waals surface area contributed by atoms with Gasteiger partial charge < -0.3 is 5.73 Å². The smallest absolute Gasteiger partial charge is 0.0349 e. The molecular weight excluding hydrogens is 270 g/mol. The van der Waals surface area contributed by atoms with Crippen molar-refractivity contribution in [1.29, 1.82) is 0 Å². The molecule has 0 unspecified atom stereocenters. The zero-order chi connectivity index (χ0) is 15.2. The normalized spacial score (nSPS) is 20.1. The second-order valence-electron chi connectivity index (χ2n) is 6.07. The van der Waals surface area contributed by atoms with E-state index in [0.29, 0.717) is 6.04 Å². The van der Waals surface area contributed by atoms with Crippen LogP contribution in [-0.4, -0.2) is 42.0 Å². The SMILES string of the molecule is NC[C@@H]1CN(Cc2ccccc2)CCN1Cc1ccccc1. The summed E-state index contributed by atoms with van der Waals surface area (Å²) >= 11 is 0. The van der Waals surface area contributed by atoms with Crippen molar-refractivity contribution in [3.8, 4) is 0 Å². The van der Waals surface area contributed by atoms with Crippen LogP contribution in [0.15, 0.2) is 60.7 Å². The van der Waals surface area contributed by atoms with Crippen LogP contribution in [0, 0.1) is 0 Å². The lowest BCUT2D eigenvalue weighted by atomic mass is 10.1. The number of hydrogen-bond acceptors (Lipinski definition) is 3. The fourth-order valence-corrected chi connectivity index (χ4v) is 3.19. The molecule has 22 heavy (non-hydrogen) atoms. The van der Waals surface area contributed by atoms with Crippen molar-refractivity contribution in [2.24, 2.45) is 5.73 Å². The molecule has 1 fully saturated rings. The molecule has 1 atom stereocenters. The minimum absolute atomic E-state index is 0.442. The molecule has 1 heterocycles. The highest BCUT2D eigenvalue weighted by Gasteiger charge is 2.25. The van der Waals surface area contributed by atoms with Gasteiger partial charge in [-0.3, -0.25) is 9.80 Å². The van der Waals surface area contributed by atoms with E-state index in [1.165, 1.54) is 11.1 Å². The van der Waals surface area contributed by atoms with E-state index in [-0.39, 0.29) is 0 Å². The van der Waals surface area contributed by atoms with Crippen molar-refractivity contribution in [2.75, 3.05) is 26.2 Å². The molecule has 1 saturated heterocycles. The topological polar surface area (TPSA) is 32.5 Å². The summed E-state index contributed by atoms with van der Waals surface area (Å²) in [7, 11) is 0. The van der Waals surface area contributed by atoms with Crippen LogP contribution in [0.2, 0.25) is 0 Å². The average molecular weight is 295 g/mol. The van der Waals surface area contributed by atoms with Gasteiger partial charge >= 0.3 is 0 Å². The first kappa shape index (κ1) is 15.2. The first-order valence-corrected chi connectivity index (χ1v) is 8.09. The van der Waals surface area contributed by atoms with Crippen molar-refractivity contribution < 1.29 is 0 Å². The van der Waals surface area contributed by atoms with Gasteiger partial charge in [0.2, 0.25) is 0 Å². The van der Waals surface area contributed by atoms with Gasteiger partial charge in [0.15, 0.2) is 0 Å². The molecule has 0 radical (unpaired) electrons. The molecule has 2 aromatic rings. The highest BCUT2D eigenvalue weighted by molar-refractivity contribution is 5.16. The summed E-state index contributed by atoms with van der Waals surface area (Å²) in [6, 6.07) is 21.8. The molecule has 0 bridgehead atoms. The maximum atomic E-state index is 6.03. The summed E-state index contributed by atoms with van der Waals surface area (Å²) < 4.78 is 0. The standard InChI is InChI=1S/C19H25N3/c20-13-19-16-21(14-17-7-3-1-4-8-17)11-12-22(19)15-18-9-5-2-6-10-18/h1-10,19H,11-16,20H2/t19-/m1/s1. The largest absolute Gasteiger partial charge is 0.329 e. The second-order valence-corrected chi connectivity index (χ2v) is 6.07. The lowest BCUT2D eigenvalue weighted by molar-refractivity contribution is 0.0682. The Bertz CT molecular complexity index is 555. The van der Waals surface area contributed by atoms with Crippen LogP contribution in [-0.2, 0) is 13.1 Å². The van der Waals surface area contributed by atoms with Crippen molar-refractivity contribution in [2.45, 2.75) is 19.1 Å². The number of nitrogens with two attached hydrogens (primary N) is 1. The maximum absolute atomic E-state index is 6.03. The van der Waals surface area contributed by atoms with Gasteiger partial charge in [0, 0.05) is 45.3 Å². The van der Waals surface area contributed by atoms with Crippen molar-refractivity contribution in [1.82, 2.24) is 9.80 Å². The molecule has 1 aliphatic heterocycles. The Hall–Kier alpha value is -1.68. The van der Waals surface area contributed by atoms with Gasteiger partial charge in [0.05, 0.1) is 0 Å². The fourth-order valence-electron chi connectivity index (χ4n) is 3.19. The van der Waals surface area contributed by atoms with E-state index in [1.807, 2.05) is 0 Å². The summed E-state index contributed by atoms with van der Waals surface area (Å²) in [5.74, 6) is 0. The van der Waals surface area contributed by atoms with Crippen LogP contribution < -0.4 is 5.73 Å². The molecular formula is C19H25N3. The summed E-state index contributed by atoms with van der Waals surface area (Å²) in [4.78, 5) is 5.05. The monoisotopic (exact) mass is 295 g/mol. The van der Waals surface area contributed by atoms with Crippen LogP contribution in [0.4, 0.5) is 0 Å². The average Bonchev–Trinajstić information content (AvgIpc) is 2.58. The van der Waals surface area contributed by atoms with Gasteiger partial charge in [-0.05, 0) is 11.1 Å². The first-order chi connectivity index (χ1) is 10.8. The Morgan fingerprint density at radius 2 is 1.41 bits per heavy atom. The van der Waals surface area contributed by atoms with E-state index >= 15 is 0 Å². The van der Waals surface area contributed by atoms with Crippen LogP contribution >= 0.6 is 0 Å². The lowest BCUT2D eigenvalue weighted by Gasteiger charge is -2.41. The number of nitrogens with zero attached hydrogens (tertiary/aromatic N) is 2. The molecule has 3 rings (SSSR count). The van der Waals surface area contributed by atoms with E-state index in [0.717, 1.165) is 39.3 Å². The number of piperazine rings is 1. The van der Waals surface area contributed by atoms with E-state index in [4.69, 9.17) is 5.73 Å². The predicted molar refractivity (Wildman–Crippen MR) is 91.4 cm³/mol. The van der Waals surface area contributed by atoms with Crippen LogP contribution in [0.5, 0.6) is 0 Å². The molecule has 0 saturated carbocycles.